The van der Waals surface area contributed by atoms with E-state index in [1.54, 1.807) is 0 Å². The molecule has 2 rings (SSSR count). The van der Waals surface area contributed by atoms with Crippen LogP contribution in [0, 0.1) is 0 Å². The molecule has 1 aliphatic rings. The summed E-state index contributed by atoms with van der Waals surface area (Å²) in [5.74, 6) is 1.52. The molecule has 1 aromatic rings. The van der Waals surface area contributed by atoms with Gasteiger partial charge in [0.05, 0.1) is 12.2 Å². The summed E-state index contributed by atoms with van der Waals surface area (Å²) in [7, 11) is 0. The molecule has 2 N–H and O–H groups in total. The molecule has 0 fully saturated rings. The van der Waals surface area contributed by atoms with Crippen LogP contribution < -0.4 is 15.4 Å². The van der Waals surface area contributed by atoms with Gasteiger partial charge in [0.2, 0.25) is 0 Å². The van der Waals surface area contributed by atoms with Crippen LogP contribution in [0.15, 0.2) is 18.2 Å². The van der Waals surface area contributed by atoms with Gasteiger partial charge in [-0.1, -0.05) is 26.8 Å². The molecule has 3 heteroatoms. The van der Waals surface area contributed by atoms with Crippen molar-refractivity contribution in [3.05, 3.63) is 23.8 Å². The van der Waals surface area contributed by atoms with Crippen molar-refractivity contribution in [1.82, 2.24) is 0 Å². The molecule has 0 saturated carbocycles. The van der Waals surface area contributed by atoms with Crippen LogP contribution in [0.1, 0.15) is 52.5 Å². The van der Waals surface area contributed by atoms with Gasteiger partial charge in [0.25, 0.3) is 0 Å². The number of hydrogen-bond acceptors (Lipinski definition) is 3. The smallest absolute Gasteiger partial charge is 0.143 e. The van der Waals surface area contributed by atoms with Gasteiger partial charge in [-0.3, -0.25) is 0 Å². The molecule has 1 heterocycles. The minimum atomic E-state index is -0.208. The van der Waals surface area contributed by atoms with Crippen LogP contribution in [0.5, 0.6) is 5.75 Å². The molecule has 112 valence electrons. The minimum Gasteiger partial charge on any atom is -0.486 e. The summed E-state index contributed by atoms with van der Waals surface area (Å²) >= 11 is 0. The van der Waals surface area contributed by atoms with Gasteiger partial charge in [0.15, 0.2) is 0 Å². The SMILES string of the molecule is CCC1CN(CC(C)(C)N)c2cc(C(C)C)ccc2O1. The summed E-state index contributed by atoms with van der Waals surface area (Å²) in [5, 5.41) is 0. The molecule has 0 aromatic heterocycles. The number of anilines is 1. The molecular weight excluding hydrogens is 248 g/mol. The first-order valence-corrected chi connectivity index (χ1v) is 7.64. The fourth-order valence-corrected chi connectivity index (χ4v) is 2.66. The molecule has 0 spiro atoms. The molecule has 1 aromatic carbocycles. The van der Waals surface area contributed by atoms with E-state index in [1.165, 1.54) is 11.3 Å². The Bertz CT molecular complexity index is 463. The number of nitrogens with two attached hydrogens (primary N) is 1. The third-order valence-electron chi connectivity index (χ3n) is 3.76. The Morgan fingerprint density at radius 1 is 1.40 bits per heavy atom. The van der Waals surface area contributed by atoms with Gasteiger partial charge in [0, 0.05) is 12.1 Å². The zero-order valence-corrected chi connectivity index (χ0v) is 13.4. The largest absolute Gasteiger partial charge is 0.486 e. The average molecular weight is 276 g/mol. The van der Waals surface area contributed by atoms with E-state index in [4.69, 9.17) is 10.5 Å². The number of nitrogens with zero attached hydrogens (tertiary/aromatic N) is 1. The molecule has 1 aliphatic heterocycles. The maximum Gasteiger partial charge on any atom is 0.143 e. The summed E-state index contributed by atoms with van der Waals surface area (Å²) < 4.78 is 6.08. The number of fused-ring (bicyclic) bond motifs is 1. The van der Waals surface area contributed by atoms with Gasteiger partial charge in [-0.05, 0) is 43.9 Å². The second-order valence-corrected chi connectivity index (χ2v) is 6.90. The lowest BCUT2D eigenvalue weighted by Gasteiger charge is -2.39. The Kier molecular flexibility index (Phi) is 4.28. The first-order chi connectivity index (χ1) is 9.30. The van der Waals surface area contributed by atoms with Crippen molar-refractivity contribution in [2.24, 2.45) is 5.73 Å². The third kappa shape index (κ3) is 3.45. The summed E-state index contributed by atoms with van der Waals surface area (Å²) in [6.07, 6.45) is 1.28. The van der Waals surface area contributed by atoms with E-state index < -0.39 is 0 Å². The summed E-state index contributed by atoms with van der Waals surface area (Å²) in [5.41, 5.74) is 8.56. The van der Waals surface area contributed by atoms with Crippen LogP contribution in [-0.2, 0) is 0 Å². The van der Waals surface area contributed by atoms with Crippen LogP contribution in [-0.4, -0.2) is 24.7 Å². The summed E-state index contributed by atoms with van der Waals surface area (Å²) in [6.45, 7) is 12.5. The predicted molar refractivity (Wildman–Crippen MR) is 85.7 cm³/mol. The van der Waals surface area contributed by atoms with E-state index in [2.05, 4.69) is 57.7 Å². The molecular formula is C17H28N2O. The number of benzene rings is 1. The van der Waals surface area contributed by atoms with E-state index in [9.17, 15) is 0 Å². The van der Waals surface area contributed by atoms with E-state index in [-0.39, 0.29) is 11.6 Å². The highest BCUT2D eigenvalue weighted by Crippen LogP contribution is 2.37. The molecule has 1 atom stereocenters. The average Bonchev–Trinajstić information content (AvgIpc) is 2.36. The lowest BCUT2D eigenvalue weighted by molar-refractivity contribution is 0.187. The summed E-state index contributed by atoms with van der Waals surface area (Å²) in [4.78, 5) is 2.39. The quantitative estimate of drug-likeness (QED) is 0.914. The maximum absolute atomic E-state index is 6.23. The van der Waals surface area contributed by atoms with Crippen molar-refractivity contribution in [1.29, 1.82) is 0 Å². The van der Waals surface area contributed by atoms with Crippen LogP contribution in [0.3, 0.4) is 0 Å². The predicted octanol–water partition coefficient (Wildman–Crippen LogP) is 3.52. The minimum absolute atomic E-state index is 0.208. The van der Waals surface area contributed by atoms with Crippen molar-refractivity contribution in [3.8, 4) is 5.75 Å². The zero-order chi connectivity index (χ0) is 14.9. The lowest BCUT2D eigenvalue weighted by Crippen LogP contribution is -2.50. The van der Waals surface area contributed by atoms with Crippen LogP contribution in [0.2, 0.25) is 0 Å². The highest BCUT2D eigenvalue weighted by atomic mass is 16.5. The molecule has 1 unspecified atom stereocenters. The topological polar surface area (TPSA) is 38.5 Å². The van der Waals surface area contributed by atoms with E-state index in [0.29, 0.717) is 5.92 Å². The van der Waals surface area contributed by atoms with Gasteiger partial charge in [-0.2, -0.15) is 0 Å². The highest BCUT2D eigenvalue weighted by Gasteiger charge is 2.28. The molecule has 0 amide bonds. The van der Waals surface area contributed by atoms with Crippen LogP contribution in [0.4, 0.5) is 5.69 Å². The van der Waals surface area contributed by atoms with Crippen molar-refractivity contribution in [3.63, 3.8) is 0 Å². The molecule has 0 radical (unpaired) electrons. The second kappa shape index (κ2) is 5.65. The number of rotatable bonds is 4. The van der Waals surface area contributed by atoms with Crippen molar-refractivity contribution < 1.29 is 4.74 Å². The Morgan fingerprint density at radius 2 is 2.10 bits per heavy atom. The van der Waals surface area contributed by atoms with E-state index >= 15 is 0 Å². The Hall–Kier alpha value is -1.22. The molecule has 0 saturated heterocycles. The maximum atomic E-state index is 6.23. The van der Waals surface area contributed by atoms with Crippen molar-refractivity contribution in [2.75, 3.05) is 18.0 Å². The standard InChI is InChI=1S/C17H28N2O/c1-6-14-10-19(11-17(4,5)18)15-9-13(12(2)3)7-8-16(15)20-14/h7-9,12,14H,6,10-11,18H2,1-5H3. The number of ether oxygens (including phenoxy) is 1. The first-order valence-electron chi connectivity index (χ1n) is 7.64. The fraction of sp³-hybridized carbons (Fsp3) is 0.647. The van der Waals surface area contributed by atoms with E-state index in [0.717, 1.165) is 25.3 Å². The fourth-order valence-electron chi connectivity index (χ4n) is 2.66. The normalized spacial score (nSPS) is 18.9. The molecule has 3 nitrogen and oxygen atoms in total. The summed E-state index contributed by atoms with van der Waals surface area (Å²) in [6, 6.07) is 6.55. The second-order valence-electron chi connectivity index (χ2n) is 6.90. The van der Waals surface area contributed by atoms with Crippen molar-refractivity contribution in [2.45, 2.75) is 58.6 Å². The number of hydrogen-bond donors (Lipinski definition) is 1. The lowest BCUT2D eigenvalue weighted by atomic mass is 9.99. The van der Waals surface area contributed by atoms with Gasteiger partial charge >= 0.3 is 0 Å². The molecule has 20 heavy (non-hydrogen) atoms. The van der Waals surface area contributed by atoms with Crippen molar-refractivity contribution >= 4 is 5.69 Å². The van der Waals surface area contributed by atoms with Gasteiger partial charge in [-0.25, -0.2) is 0 Å². The third-order valence-corrected chi connectivity index (χ3v) is 3.76. The van der Waals surface area contributed by atoms with Crippen LogP contribution in [0.25, 0.3) is 0 Å². The highest BCUT2D eigenvalue weighted by molar-refractivity contribution is 5.62. The zero-order valence-electron chi connectivity index (χ0n) is 13.4. The first kappa shape index (κ1) is 15.2. The molecule has 0 aliphatic carbocycles. The van der Waals surface area contributed by atoms with Gasteiger partial charge in [0.1, 0.15) is 11.9 Å². The Morgan fingerprint density at radius 3 is 2.65 bits per heavy atom. The van der Waals surface area contributed by atoms with Crippen LogP contribution >= 0.6 is 0 Å². The van der Waals surface area contributed by atoms with Gasteiger partial charge in [-0.15, -0.1) is 0 Å². The van der Waals surface area contributed by atoms with E-state index in [1.807, 2.05) is 0 Å². The monoisotopic (exact) mass is 276 g/mol. The molecule has 0 bridgehead atoms. The Balaban J connectivity index is 2.36. The Labute approximate surface area is 123 Å². The van der Waals surface area contributed by atoms with Gasteiger partial charge < -0.3 is 15.4 Å².